The molecule has 0 atom stereocenters. The summed E-state index contributed by atoms with van der Waals surface area (Å²) in [4.78, 5) is 26.5. The van der Waals surface area contributed by atoms with Crippen LogP contribution < -0.4 is 5.32 Å². The predicted octanol–water partition coefficient (Wildman–Crippen LogP) is 3.28. The zero-order valence-corrected chi connectivity index (χ0v) is 11.5. The van der Waals surface area contributed by atoms with Crippen molar-refractivity contribution in [1.82, 2.24) is 4.98 Å². The summed E-state index contributed by atoms with van der Waals surface area (Å²) < 4.78 is 5.06. The van der Waals surface area contributed by atoms with Crippen LogP contribution in [0.4, 0.5) is 10.6 Å². The van der Waals surface area contributed by atoms with Gasteiger partial charge in [-0.15, -0.1) is 0 Å². The van der Waals surface area contributed by atoms with Crippen LogP contribution >= 0.6 is 11.6 Å². The van der Waals surface area contributed by atoms with Crippen molar-refractivity contribution < 1.29 is 14.3 Å². The fourth-order valence-corrected chi connectivity index (χ4v) is 1.46. The minimum Gasteiger partial charge on any atom is -0.444 e. The standard InChI is InChI=1S/C12H15ClN2O3/c1-7(16)8-5-6-9(14-10(8)13)15-11(17)18-12(2,3)4/h5-6H,1-4H3,(H,14,15,17). The van der Waals surface area contributed by atoms with Gasteiger partial charge in [-0.25, -0.2) is 9.78 Å². The third-order valence-corrected chi connectivity index (χ3v) is 2.15. The number of carbonyl (C=O) groups excluding carboxylic acids is 2. The Labute approximate surface area is 110 Å². The molecule has 0 unspecified atom stereocenters. The van der Waals surface area contributed by atoms with Crippen LogP contribution in [0, 0.1) is 0 Å². The second-order valence-corrected chi connectivity index (χ2v) is 5.08. The zero-order valence-electron chi connectivity index (χ0n) is 10.7. The first-order chi connectivity index (χ1) is 8.19. The molecule has 1 heterocycles. The SMILES string of the molecule is CC(=O)c1ccc(NC(=O)OC(C)(C)C)nc1Cl. The minimum absolute atomic E-state index is 0.0519. The maximum absolute atomic E-state index is 11.5. The number of rotatable bonds is 2. The highest BCUT2D eigenvalue weighted by molar-refractivity contribution is 6.32. The molecule has 0 fully saturated rings. The Morgan fingerprint density at radius 3 is 2.39 bits per heavy atom. The maximum atomic E-state index is 11.5. The lowest BCUT2D eigenvalue weighted by molar-refractivity contribution is 0.0635. The Morgan fingerprint density at radius 1 is 1.33 bits per heavy atom. The summed E-state index contributed by atoms with van der Waals surface area (Å²) in [7, 11) is 0. The molecule has 98 valence electrons. The van der Waals surface area contributed by atoms with Crippen LogP contribution in [0.2, 0.25) is 5.15 Å². The topological polar surface area (TPSA) is 68.3 Å². The lowest BCUT2D eigenvalue weighted by Crippen LogP contribution is -2.27. The van der Waals surface area contributed by atoms with Gasteiger partial charge in [-0.2, -0.15) is 0 Å². The Hall–Kier alpha value is -1.62. The lowest BCUT2D eigenvalue weighted by Gasteiger charge is -2.19. The number of ether oxygens (including phenoxy) is 1. The van der Waals surface area contributed by atoms with Gasteiger partial charge in [-0.1, -0.05) is 11.6 Å². The maximum Gasteiger partial charge on any atom is 0.413 e. The van der Waals surface area contributed by atoms with E-state index in [1.54, 1.807) is 20.8 Å². The van der Waals surface area contributed by atoms with Gasteiger partial charge >= 0.3 is 6.09 Å². The number of anilines is 1. The number of pyridine rings is 1. The minimum atomic E-state index is -0.623. The molecule has 1 rings (SSSR count). The summed E-state index contributed by atoms with van der Waals surface area (Å²) in [6, 6.07) is 3.00. The first kappa shape index (κ1) is 14.4. The number of halogens is 1. The summed E-state index contributed by atoms with van der Waals surface area (Å²) in [5, 5.41) is 2.49. The zero-order chi connectivity index (χ0) is 13.9. The van der Waals surface area contributed by atoms with E-state index in [4.69, 9.17) is 16.3 Å². The van der Waals surface area contributed by atoms with Gasteiger partial charge in [0.05, 0.1) is 5.56 Å². The Morgan fingerprint density at radius 2 is 1.94 bits per heavy atom. The molecule has 18 heavy (non-hydrogen) atoms. The summed E-state index contributed by atoms with van der Waals surface area (Å²) in [6.45, 7) is 6.66. The number of ketones is 1. The second kappa shape index (κ2) is 5.35. The van der Waals surface area contributed by atoms with Crippen LogP contribution in [0.3, 0.4) is 0 Å². The molecule has 0 aliphatic heterocycles. The third kappa shape index (κ3) is 4.33. The molecule has 0 spiro atoms. The number of nitrogens with one attached hydrogen (secondary N) is 1. The van der Waals surface area contributed by atoms with Crippen LogP contribution in [-0.4, -0.2) is 22.5 Å². The molecule has 1 N–H and O–H groups in total. The number of amides is 1. The smallest absolute Gasteiger partial charge is 0.413 e. The first-order valence-corrected chi connectivity index (χ1v) is 5.74. The van der Waals surface area contributed by atoms with Crippen molar-refractivity contribution in [3.05, 3.63) is 22.8 Å². The molecule has 0 aliphatic carbocycles. The van der Waals surface area contributed by atoms with Gasteiger partial charge in [0.15, 0.2) is 5.78 Å². The number of nitrogens with zero attached hydrogens (tertiary/aromatic N) is 1. The Bertz CT molecular complexity index is 481. The fourth-order valence-electron chi connectivity index (χ4n) is 1.17. The molecule has 1 aromatic heterocycles. The number of aromatic nitrogens is 1. The summed E-state index contributed by atoms with van der Waals surface area (Å²) in [5.41, 5.74) is -0.279. The van der Waals surface area contributed by atoms with E-state index < -0.39 is 11.7 Å². The molecule has 1 amide bonds. The second-order valence-electron chi connectivity index (χ2n) is 4.72. The van der Waals surface area contributed by atoms with E-state index in [0.29, 0.717) is 5.56 Å². The molecule has 6 heteroatoms. The fraction of sp³-hybridized carbons (Fsp3) is 0.417. The summed E-state index contributed by atoms with van der Waals surface area (Å²) >= 11 is 5.82. The lowest BCUT2D eigenvalue weighted by atomic mass is 10.2. The number of hydrogen-bond acceptors (Lipinski definition) is 4. The van der Waals surface area contributed by atoms with Crippen molar-refractivity contribution in [3.8, 4) is 0 Å². The monoisotopic (exact) mass is 270 g/mol. The molecule has 0 bridgehead atoms. The van der Waals surface area contributed by atoms with Crippen LogP contribution in [0.25, 0.3) is 0 Å². The number of hydrogen-bond donors (Lipinski definition) is 1. The Balaban J connectivity index is 2.78. The molecular weight excluding hydrogens is 256 g/mol. The first-order valence-electron chi connectivity index (χ1n) is 5.36. The molecule has 0 saturated carbocycles. The number of carbonyl (C=O) groups is 2. The average molecular weight is 271 g/mol. The van der Waals surface area contributed by atoms with Gasteiger partial charge in [-0.05, 0) is 39.8 Å². The van der Waals surface area contributed by atoms with Gasteiger partial charge in [0.2, 0.25) is 0 Å². The van der Waals surface area contributed by atoms with Gasteiger partial charge in [0, 0.05) is 0 Å². The van der Waals surface area contributed by atoms with Gasteiger partial charge < -0.3 is 4.74 Å². The van der Waals surface area contributed by atoms with Gasteiger partial charge in [0.1, 0.15) is 16.6 Å². The molecule has 5 nitrogen and oxygen atoms in total. The van der Waals surface area contributed by atoms with Crippen molar-refractivity contribution in [2.45, 2.75) is 33.3 Å². The van der Waals surface area contributed by atoms with E-state index >= 15 is 0 Å². The van der Waals surface area contributed by atoms with Crippen molar-refractivity contribution in [1.29, 1.82) is 0 Å². The summed E-state index contributed by atoms with van der Waals surface area (Å²) in [6.07, 6.45) is -0.623. The van der Waals surface area contributed by atoms with E-state index in [2.05, 4.69) is 10.3 Å². The van der Waals surface area contributed by atoms with E-state index in [1.165, 1.54) is 19.1 Å². The summed E-state index contributed by atoms with van der Waals surface area (Å²) in [5.74, 6) is 0.0515. The number of Topliss-reactive ketones (excluding diaryl/α,β-unsaturated/α-hetero) is 1. The van der Waals surface area contributed by atoms with E-state index in [-0.39, 0.29) is 16.8 Å². The highest BCUT2D eigenvalue weighted by atomic mass is 35.5. The largest absolute Gasteiger partial charge is 0.444 e. The molecule has 0 saturated heterocycles. The van der Waals surface area contributed by atoms with E-state index in [1.807, 2.05) is 0 Å². The molecule has 1 aromatic rings. The highest BCUT2D eigenvalue weighted by Crippen LogP contribution is 2.17. The van der Waals surface area contributed by atoms with Crippen LogP contribution in [-0.2, 0) is 4.74 Å². The average Bonchev–Trinajstić information content (AvgIpc) is 2.13. The van der Waals surface area contributed by atoms with E-state index in [0.717, 1.165) is 0 Å². The van der Waals surface area contributed by atoms with Crippen LogP contribution in [0.5, 0.6) is 0 Å². The molecular formula is C12H15ClN2O3. The van der Waals surface area contributed by atoms with Crippen LogP contribution in [0.1, 0.15) is 38.1 Å². The van der Waals surface area contributed by atoms with Gasteiger partial charge in [0.25, 0.3) is 0 Å². The third-order valence-electron chi connectivity index (χ3n) is 1.86. The van der Waals surface area contributed by atoms with Crippen LogP contribution in [0.15, 0.2) is 12.1 Å². The highest BCUT2D eigenvalue weighted by Gasteiger charge is 2.17. The van der Waals surface area contributed by atoms with Crippen molar-refractivity contribution in [2.24, 2.45) is 0 Å². The predicted molar refractivity (Wildman–Crippen MR) is 69.1 cm³/mol. The Kier molecular flexibility index (Phi) is 4.29. The van der Waals surface area contributed by atoms with E-state index in [9.17, 15) is 9.59 Å². The quantitative estimate of drug-likeness (QED) is 0.661. The molecule has 0 radical (unpaired) electrons. The molecule has 0 aromatic carbocycles. The van der Waals surface area contributed by atoms with Gasteiger partial charge in [-0.3, -0.25) is 10.1 Å². The molecule has 0 aliphatic rings. The normalized spacial score (nSPS) is 10.9. The van der Waals surface area contributed by atoms with Crippen molar-refractivity contribution in [2.75, 3.05) is 5.32 Å². The van der Waals surface area contributed by atoms with Crippen molar-refractivity contribution in [3.63, 3.8) is 0 Å². The van der Waals surface area contributed by atoms with Crippen molar-refractivity contribution >= 4 is 29.3 Å².